The van der Waals surface area contributed by atoms with Crippen molar-refractivity contribution in [2.24, 2.45) is 0 Å². The summed E-state index contributed by atoms with van der Waals surface area (Å²) in [6, 6.07) is 15.9. The van der Waals surface area contributed by atoms with E-state index in [2.05, 4.69) is 10.2 Å². The van der Waals surface area contributed by atoms with Gasteiger partial charge in [-0.25, -0.2) is 0 Å². The van der Waals surface area contributed by atoms with E-state index in [9.17, 15) is 4.79 Å². The zero-order valence-electron chi connectivity index (χ0n) is 14.2. The number of aryl methyl sites for hydroxylation is 2. The van der Waals surface area contributed by atoms with Crippen LogP contribution >= 0.6 is 34.9 Å². The first-order chi connectivity index (χ1) is 12.1. The third-order valence-corrected chi connectivity index (χ3v) is 6.97. The van der Waals surface area contributed by atoms with Crippen LogP contribution in [-0.2, 0) is 0 Å². The number of hydrogen-bond acceptors (Lipinski definition) is 6. The molecule has 0 spiro atoms. The van der Waals surface area contributed by atoms with Crippen molar-refractivity contribution in [3.05, 3.63) is 70.8 Å². The van der Waals surface area contributed by atoms with Gasteiger partial charge in [-0.3, -0.25) is 4.79 Å². The number of hydrogen-bond donors (Lipinski definition) is 0. The van der Waals surface area contributed by atoms with E-state index in [1.54, 1.807) is 11.8 Å². The number of carbonyl (C=O) groups is 1. The lowest BCUT2D eigenvalue weighted by Crippen LogP contribution is -2.10. The first-order valence-corrected chi connectivity index (χ1v) is 10.7. The van der Waals surface area contributed by atoms with Crippen molar-refractivity contribution in [3.63, 3.8) is 0 Å². The monoisotopic (exact) mass is 386 g/mol. The van der Waals surface area contributed by atoms with Gasteiger partial charge in [0, 0.05) is 5.56 Å². The first-order valence-electron chi connectivity index (χ1n) is 7.78. The third kappa shape index (κ3) is 4.51. The largest absolute Gasteiger partial charge is 0.293 e. The fraction of sp³-hybridized carbons (Fsp3) is 0.211. The molecule has 25 heavy (non-hydrogen) atoms. The van der Waals surface area contributed by atoms with Gasteiger partial charge in [0.15, 0.2) is 14.5 Å². The molecular weight excluding hydrogens is 368 g/mol. The maximum absolute atomic E-state index is 13.2. The maximum atomic E-state index is 13.2. The van der Waals surface area contributed by atoms with Crippen LogP contribution in [0.4, 0.5) is 0 Å². The van der Waals surface area contributed by atoms with Crippen LogP contribution in [0.2, 0.25) is 0 Å². The fourth-order valence-electron chi connectivity index (χ4n) is 2.31. The Hall–Kier alpha value is -1.63. The van der Waals surface area contributed by atoms with Gasteiger partial charge in [-0.1, -0.05) is 94.5 Å². The van der Waals surface area contributed by atoms with Crippen molar-refractivity contribution in [3.8, 4) is 0 Å². The van der Waals surface area contributed by atoms with Crippen LogP contribution in [0, 0.1) is 13.8 Å². The number of carbonyl (C=O) groups excluding carboxylic acids is 1. The van der Waals surface area contributed by atoms with Gasteiger partial charge < -0.3 is 0 Å². The Morgan fingerprint density at radius 3 is 2.04 bits per heavy atom. The molecule has 3 rings (SSSR count). The summed E-state index contributed by atoms with van der Waals surface area (Å²) in [6.07, 6.45) is 1.98. The Bertz CT molecular complexity index is 857. The van der Waals surface area contributed by atoms with Crippen molar-refractivity contribution in [2.45, 2.75) is 27.8 Å². The SMILES string of the molecule is CSc1nnc(S[C@H](C(=O)c2ccc(C)cc2)c2ccc(C)cc2)s1. The molecule has 3 nitrogen and oxygen atoms in total. The van der Waals surface area contributed by atoms with Gasteiger partial charge in [-0.2, -0.15) is 0 Å². The summed E-state index contributed by atoms with van der Waals surface area (Å²) in [5.41, 5.74) is 4.03. The molecular formula is C19H18N2OS3. The first kappa shape index (κ1) is 18.2. The molecule has 0 N–H and O–H groups in total. The Morgan fingerprint density at radius 1 is 0.920 bits per heavy atom. The molecule has 6 heteroatoms. The van der Waals surface area contributed by atoms with Gasteiger partial charge in [-0.15, -0.1) is 10.2 Å². The van der Waals surface area contributed by atoms with Gasteiger partial charge in [0.25, 0.3) is 0 Å². The summed E-state index contributed by atoms with van der Waals surface area (Å²) >= 11 is 4.57. The number of thioether (sulfide) groups is 2. The second kappa shape index (κ2) is 8.17. The second-order valence-corrected chi connectivity index (χ2v) is 9.06. The Kier molecular flexibility index (Phi) is 5.93. The van der Waals surface area contributed by atoms with Crippen LogP contribution in [0.15, 0.2) is 57.2 Å². The van der Waals surface area contributed by atoms with Crippen LogP contribution in [0.3, 0.4) is 0 Å². The zero-order valence-corrected chi connectivity index (χ0v) is 16.7. The molecule has 1 heterocycles. The van der Waals surface area contributed by atoms with E-state index >= 15 is 0 Å². The summed E-state index contributed by atoms with van der Waals surface area (Å²) in [5.74, 6) is 0.0924. The molecule has 0 saturated carbocycles. The topological polar surface area (TPSA) is 42.9 Å². The molecule has 0 radical (unpaired) electrons. The Morgan fingerprint density at radius 2 is 1.48 bits per heavy atom. The summed E-state index contributed by atoms with van der Waals surface area (Å²) < 4.78 is 1.73. The highest BCUT2D eigenvalue weighted by atomic mass is 32.2. The molecule has 0 fully saturated rings. The van der Waals surface area contributed by atoms with Crippen molar-refractivity contribution in [1.29, 1.82) is 0 Å². The lowest BCUT2D eigenvalue weighted by molar-refractivity contribution is 0.0989. The summed E-state index contributed by atoms with van der Waals surface area (Å²) in [4.78, 5) is 13.2. The maximum Gasteiger partial charge on any atom is 0.180 e. The van der Waals surface area contributed by atoms with Gasteiger partial charge >= 0.3 is 0 Å². The van der Waals surface area contributed by atoms with E-state index < -0.39 is 0 Å². The molecule has 0 aliphatic heterocycles. The number of ketones is 1. The summed E-state index contributed by atoms with van der Waals surface area (Å²) in [5, 5.41) is 8.03. The van der Waals surface area contributed by atoms with E-state index in [1.807, 2.05) is 68.6 Å². The molecule has 0 unspecified atom stereocenters. The molecule has 0 amide bonds. The van der Waals surface area contributed by atoms with Crippen LogP contribution in [0.5, 0.6) is 0 Å². The van der Waals surface area contributed by atoms with E-state index in [1.165, 1.54) is 28.7 Å². The van der Waals surface area contributed by atoms with Gasteiger partial charge in [0.2, 0.25) is 0 Å². The minimum absolute atomic E-state index is 0.0924. The standard InChI is InChI=1S/C19H18N2OS3/c1-12-4-8-14(9-5-12)16(22)17(15-10-6-13(2)7-11-15)24-19-21-20-18(23-3)25-19/h4-11,17H,1-3H3/t17-/m0/s1. The number of rotatable bonds is 6. The van der Waals surface area contributed by atoms with Crippen molar-refractivity contribution >= 4 is 40.6 Å². The van der Waals surface area contributed by atoms with Crippen molar-refractivity contribution < 1.29 is 4.79 Å². The summed E-state index contributed by atoms with van der Waals surface area (Å²) in [6.45, 7) is 4.06. The molecule has 0 bridgehead atoms. The highest BCUT2D eigenvalue weighted by molar-refractivity contribution is 8.03. The van der Waals surface area contributed by atoms with Crippen molar-refractivity contribution in [2.75, 3.05) is 6.26 Å². The molecule has 1 atom stereocenters. The quantitative estimate of drug-likeness (QED) is 0.408. The minimum Gasteiger partial charge on any atom is -0.293 e. The zero-order chi connectivity index (χ0) is 17.8. The van der Waals surface area contributed by atoms with E-state index in [0.717, 1.165) is 25.4 Å². The second-order valence-electron chi connectivity index (χ2n) is 5.68. The van der Waals surface area contributed by atoms with E-state index in [0.29, 0.717) is 0 Å². The fourth-order valence-corrected chi connectivity index (χ4v) is 5.02. The molecule has 2 aromatic carbocycles. The van der Waals surface area contributed by atoms with E-state index in [4.69, 9.17) is 0 Å². The van der Waals surface area contributed by atoms with Crippen LogP contribution in [0.25, 0.3) is 0 Å². The number of benzene rings is 2. The minimum atomic E-state index is -0.328. The molecule has 128 valence electrons. The smallest absolute Gasteiger partial charge is 0.180 e. The lowest BCUT2D eigenvalue weighted by Gasteiger charge is -2.15. The van der Waals surface area contributed by atoms with Gasteiger partial charge in [0.1, 0.15) is 0 Å². The van der Waals surface area contributed by atoms with Crippen LogP contribution in [0.1, 0.15) is 32.3 Å². The molecule has 0 aliphatic rings. The number of nitrogens with zero attached hydrogens (tertiary/aromatic N) is 2. The Labute approximate surface area is 160 Å². The van der Waals surface area contributed by atoms with Gasteiger partial charge in [0.05, 0.1) is 5.25 Å². The molecule has 1 aromatic heterocycles. The average molecular weight is 387 g/mol. The number of aromatic nitrogens is 2. The predicted octanol–water partition coefficient (Wildman–Crippen LogP) is 5.59. The highest BCUT2D eigenvalue weighted by Crippen LogP contribution is 2.40. The number of Topliss-reactive ketones (excluding diaryl/α,β-unsaturated/α-hetero) is 1. The molecule has 3 aromatic rings. The Balaban J connectivity index is 1.94. The molecule has 0 saturated heterocycles. The normalized spacial score (nSPS) is 12.1. The van der Waals surface area contributed by atoms with Crippen LogP contribution < -0.4 is 0 Å². The van der Waals surface area contributed by atoms with E-state index in [-0.39, 0.29) is 11.0 Å². The third-order valence-electron chi connectivity index (χ3n) is 3.74. The predicted molar refractivity (Wildman–Crippen MR) is 107 cm³/mol. The van der Waals surface area contributed by atoms with Gasteiger partial charge in [-0.05, 0) is 25.7 Å². The van der Waals surface area contributed by atoms with Crippen molar-refractivity contribution in [1.82, 2.24) is 10.2 Å². The molecule has 0 aliphatic carbocycles. The highest BCUT2D eigenvalue weighted by Gasteiger charge is 2.25. The average Bonchev–Trinajstić information content (AvgIpc) is 3.08. The lowest BCUT2D eigenvalue weighted by atomic mass is 10.0. The summed E-state index contributed by atoms with van der Waals surface area (Å²) in [7, 11) is 0. The van der Waals surface area contributed by atoms with Crippen LogP contribution in [-0.4, -0.2) is 22.2 Å².